The van der Waals surface area contributed by atoms with Crippen molar-refractivity contribution in [3.8, 4) is 5.75 Å². The molecule has 172 valence electrons. The molecule has 2 aliphatic carbocycles. The minimum Gasteiger partial charge on any atom is -0.434 e. The van der Waals surface area contributed by atoms with Crippen LogP contribution >= 0.6 is 0 Å². The third kappa shape index (κ3) is 3.14. The number of hydrogen-bond acceptors (Lipinski definition) is 4. The average molecular weight is 453 g/mol. The summed E-state index contributed by atoms with van der Waals surface area (Å²) < 4.78 is 33.2. The first-order chi connectivity index (χ1) is 15.9. The van der Waals surface area contributed by atoms with Crippen LogP contribution in [0.4, 0.5) is 8.78 Å². The Bertz CT molecular complexity index is 1250. The van der Waals surface area contributed by atoms with Crippen LogP contribution in [0.5, 0.6) is 5.75 Å². The quantitative estimate of drug-likeness (QED) is 0.629. The number of benzene rings is 1. The van der Waals surface area contributed by atoms with Gasteiger partial charge in [-0.1, -0.05) is 6.07 Å². The number of ether oxygens (including phenoxy) is 1. The molecule has 1 aliphatic heterocycles. The fraction of sp³-hybridized carbons (Fsp3) is 0.440. The maximum absolute atomic E-state index is 13.2. The van der Waals surface area contributed by atoms with Crippen molar-refractivity contribution in [1.82, 2.24) is 14.5 Å². The number of rotatable bonds is 3. The van der Waals surface area contributed by atoms with Crippen molar-refractivity contribution in [2.75, 3.05) is 7.05 Å². The molecule has 33 heavy (non-hydrogen) atoms. The van der Waals surface area contributed by atoms with Gasteiger partial charge in [-0.3, -0.25) is 4.79 Å². The number of carbonyl (C=O) groups is 1. The summed E-state index contributed by atoms with van der Waals surface area (Å²) in [5.41, 5.74) is 4.90. The Labute approximate surface area is 189 Å². The number of alkyl halides is 2. The van der Waals surface area contributed by atoms with E-state index in [1.807, 2.05) is 10.7 Å². The lowest BCUT2D eigenvalue weighted by molar-refractivity contribution is -0.0505. The molecule has 1 saturated carbocycles. The zero-order valence-electron chi connectivity index (χ0n) is 18.2. The number of aromatic nitrogens is 2. The van der Waals surface area contributed by atoms with E-state index in [4.69, 9.17) is 9.84 Å². The summed E-state index contributed by atoms with van der Waals surface area (Å²) in [4.78, 5) is 14.9. The smallest absolute Gasteiger partial charge is 0.387 e. The number of pyridine rings is 1. The number of fused-ring (bicyclic) bond motifs is 9. The topological polar surface area (TPSA) is 67.1 Å². The van der Waals surface area contributed by atoms with Crippen molar-refractivity contribution in [1.29, 1.82) is 0 Å². The van der Waals surface area contributed by atoms with Crippen LogP contribution in [-0.2, 0) is 0 Å². The van der Waals surface area contributed by atoms with Crippen LogP contribution in [0.15, 0.2) is 36.5 Å². The first kappa shape index (κ1) is 20.6. The van der Waals surface area contributed by atoms with Gasteiger partial charge in [-0.2, -0.15) is 13.9 Å². The molecule has 1 N–H and O–H groups in total. The van der Waals surface area contributed by atoms with E-state index in [1.54, 1.807) is 24.1 Å². The molecule has 8 heteroatoms. The maximum Gasteiger partial charge on any atom is 0.387 e. The molecule has 0 saturated heterocycles. The van der Waals surface area contributed by atoms with Gasteiger partial charge in [-0.15, -0.1) is 0 Å². The van der Waals surface area contributed by atoms with Crippen LogP contribution in [0, 0.1) is 0 Å². The van der Waals surface area contributed by atoms with Gasteiger partial charge in [0.25, 0.3) is 5.91 Å². The highest BCUT2D eigenvalue weighted by Crippen LogP contribution is 2.53. The Hall–Kier alpha value is -3.00. The van der Waals surface area contributed by atoms with Crippen LogP contribution in [0.1, 0.15) is 82.7 Å². The third-order valence-electron chi connectivity index (χ3n) is 7.67. The molecule has 3 aromatic rings. The van der Waals surface area contributed by atoms with Gasteiger partial charge in [-0.05, 0) is 67.9 Å². The lowest BCUT2D eigenvalue weighted by Gasteiger charge is -2.26. The van der Waals surface area contributed by atoms with Crippen molar-refractivity contribution in [3.05, 3.63) is 64.5 Å². The van der Waals surface area contributed by atoms with E-state index < -0.39 is 6.61 Å². The van der Waals surface area contributed by atoms with Gasteiger partial charge in [0.15, 0.2) is 0 Å². The molecular weight excluding hydrogens is 428 g/mol. The van der Waals surface area contributed by atoms with Crippen molar-refractivity contribution >= 4 is 11.4 Å². The molecule has 6 rings (SSSR count). The standard InChI is InChI=1S/C25H25F2N3O3/c1-29-19-12-17(21-16(24(29)32)3-2-4-20(21)33-25(26)27)22-18-11-14(9-10-30(18)28-23(19)22)13-5-7-15(31)8-6-13/h2-4,9-11,13,15,17,19,25,31H,5-8,12H2,1H3. The fourth-order valence-electron chi connectivity index (χ4n) is 6.04. The summed E-state index contributed by atoms with van der Waals surface area (Å²) in [6.07, 6.45) is 5.79. The summed E-state index contributed by atoms with van der Waals surface area (Å²) in [7, 11) is 1.75. The minimum atomic E-state index is -2.97. The number of hydrogen-bond donors (Lipinski definition) is 1. The van der Waals surface area contributed by atoms with Gasteiger partial charge in [0, 0.05) is 35.9 Å². The number of halogens is 2. The van der Waals surface area contributed by atoms with E-state index in [1.165, 1.54) is 11.6 Å². The van der Waals surface area contributed by atoms with Crippen LogP contribution in [0.25, 0.3) is 5.52 Å². The minimum absolute atomic E-state index is 0.0551. The Balaban J connectivity index is 1.52. The van der Waals surface area contributed by atoms with E-state index in [2.05, 4.69) is 12.1 Å². The second-order valence-electron chi connectivity index (χ2n) is 9.41. The zero-order chi connectivity index (χ0) is 22.9. The van der Waals surface area contributed by atoms with E-state index >= 15 is 0 Å². The molecule has 6 nitrogen and oxygen atoms in total. The molecular formula is C25H25F2N3O3. The predicted molar refractivity (Wildman–Crippen MR) is 117 cm³/mol. The molecule has 3 aliphatic rings. The second kappa shape index (κ2) is 7.52. The van der Waals surface area contributed by atoms with Gasteiger partial charge in [0.2, 0.25) is 0 Å². The van der Waals surface area contributed by atoms with Crippen LogP contribution < -0.4 is 4.74 Å². The van der Waals surface area contributed by atoms with Gasteiger partial charge in [-0.25, -0.2) is 4.52 Å². The van der Waals surface area contributed by atoms with Gasteiger partial charge >= 0.3 is 6.61 Å². The van der Waals surface area contributed by atoms with Gasteiger partial charge in [0.05, 0.1) is 23.4 Å². The molecule has 1 aromatic carbocycles. The molecule has 2 aromatic heterocycles. The number of amides is 1. The summed E-state index contributed by atoms with van der Waals surface area (Å²) in [6.45, 7) is -2.97. The van der Waals surface area contributed by atoms with Crippen molar-refractivity contribution in [2.24, 2.45) is 0 Å². The number of aliphatic hydroxyl groups is 1. The van der Waals surface area contributed by atoms with Crippen LogP contribution in [0.2, 0.25) is 0 Å². The van der Waals surface area contributed by atoms with Crippen molar-refractivity contribution < 1.29 is 23.4 Å². The third-order valence-corrected chi connectivity index (χ3v) is 7.67. The Morgan fingerprint density at radius 1 is 1.15 bits per heavy atom. The summed E-state index contributed by atoms with van der Waals surface area (Å²) in [5, 5.41) is 14.7. The fourth-order valence-corrected chi connectivity index (χ4v) is 6.04. The predicted octanol–water partition coefficient (Wildman–Crippen LogP) is 4.62. The van der Waals surface area contributed by atoms with Crippen LogP contribution in [-0.4, -0.2) is 45.3 Å². The number of aliphatic hydroxyl groups excluding tert-OH is 1. The monoisotopic (exact) mass is 453 g/mol. The number of nitrogens with zero attached hydrogens (tertiary/aromatic N) is 3. The van der Waals surface area contributed by atoms with Crippen molar-refractivity contribution in [3.63, 3.8) is 0 Å². The Morgan fingerprint density at radius 2 is 1.94 bits per heavy atom. The summed E-state index contributed by atoms with van der Waals surface area (Å²) in [5.74, 6) is -0.0348. The molecule has 2 unspecified atom stereocenters. The van der Waals surface area contributed by atoms with Crippen molar-refractivity contribution in [2.45, 2.75) is 62.7 Å². The Morgan fingerprint density at radius 3 is 2.70 bits per heavy atom. The van der Waals surface area contributed by atoms with E-state index in [0.29, 0.717) is 23.5 Å². The van der Waals surface area contributed by atoms with Gasteiger partial charge in [0.1, 0.15) is 5.75 Å². The largest absolute Gasteiger partial charge is 0.434 e. The molecule has 1 fully saturated rings. The normalized spacial score (nSPS) is 26.5. The zero-order valence-corrected chi connectivity index (χ0v) is 18.2. The molecule has 0 spiro atoms. The SMILES string of the molecule is CN1C(=O)c2cccc(OC(F)F)c2C2CC1c1nn3ccc(C4CCC(O)CC4)cc3c12. The molecule has 3 heterocycles. The highest BCUT2D eigenvalue weighted by atomic mass is 19.3. The van der Waals surface area contributed by atoms with Gasteiger partial charge < -0.3 is 14.7 Å². The van der Waals surface area contributed by atoms with E-state index in [-0.39, 0.29) is 29.7 Å². The first-order valence-corrected chi connectivity index (χ1v) is 11.5. The second-order valence-corrected chi connectivity index (χ2v) is 9.41. The molecule has 2 bridgehead atoms. The molecule has 2 atom stereocenters. The van der Waals surface area contributed by atoms with Crippen LogP contribution in [0.3, 0.4) is 0 Å². The van der Waals surface area contributed by atoms with E-state index in [9.17, 15) is 18.7 Å². The first-order valence-electron chi connectivity index (χ1n) is 11.5. The highest BCUT2D eigenvalue weighted by Gasteiger charge is 2.46. The lowest BCUT2D eigenvalue weighted by atomic mass is 9.82. The number of carbonyl (C=O) groups excluding carboxylic acids is 1. The molecule has 0 radical (unpaired) electrons. The highest BCUT2D eigenvalue weighted by molar-refractivity contribution is 5.98. The summed E-state index contributed by atoms with van der Waals surface area (Å²) >= 11 is 0. The lowest BCUT2D eigenvalue weighted by Crippen LogP contribution is -2.30. The van der Waals surface area contributed by atoms with E-state index in [0.717, 1.165) is 42.5 Å². The Kier molecular flexibility index (Phi) is 4.69. The molecule has 1 amide bonds. The maximum atomic E-state index is 13.2. The summed E-state index contributed by atoms with van der Waals surface area (Å²) in [6, 6.07) is 8.81. The average Bonchev–Trinajstić information content (AvgIpc) is 3.32.